The Morgan fingerprint density at radius 2 is 1.88 bits per heavy atom. The Hall–Kier alpha value is -2.83. The van der Waals surface area contributed by atoms with E-state index in [1.54, 1.807) is 30.2 Å². The maximum atomic E-state index is 13.7. The molecule has 1 heterocycles. The molecule has 0 aliphatic heterocycles. The molecule has 1 aliphatic carbocycles. The zero-order valence-corrected chi connectivity index (χ0v) is 20.1. The van der Waals surface area contributed by atoms with Crippen molar-refractivity contribution < 1.29 is 14.3 Å². The first-order valence-corrected chi connectivity index (χ1v) is 12.4. The number of hydrogen-bond donors (Lipinski definition) is 1. The van der Waals surface area contributed by atoms with Crippen LogP contribution in [0.4, 0.5) is 5.69 Å². The maximum absolute atomic E-state index is 13.7. The maximum Gasteiger partial charge on any atom is 0.248 e. The second kappa shape index (κ2) is 10.9. The molecule has 1 N–H and O–H groups in total. The van der Waals surface area contributed by atoms with Gasteiger partial charge in [0.25, 0.3) is 0 Å². The number of carbonyl (C=O) groups is 2. The Morgan fingerprint density at radius 1 is 1.12 bits per heavy atom. The van der Waals surface area contributed by atoms with Gasteiger partial charge in [-0.2, -0.15) is 0 Å². The Bertz CT molecular complexity index is 1080. The van der Waals surface area contributed by atoms with Crippen LogP contribution in [0.1, 0.15) is 42.2 Å². The van der Waals surface area contributed by atoms with Crippen molar-refractivity contribution in [2.75, 3.05) is 12.0 Å². The molecule has 2 aromatic carbocycles. The van der Waals surface area contributed by atoms with Gasteiger partial charge < -0.3 is 10.1 Å². The molecule has 5 nitrogen and oxygen atoms in total. The number of rotatable bonds is 8. The highest BCUT2D eigenvalue weighted by molar-refractivity contribution is 7.10. The summed E-state index contributed by atoms with van der Waals surface area (Å²) in [6, 6.07) is 17.6. The largest absolute Gasteiger partial charge is 0.497 e. The number of benzene rings is 2. The van der Waals surface area contributed by atoms with Gasteiger partial charge in [0.05, 0.1) is 13.5 Å². The van der Waals surface area contributed by atoms with Gasteiger partial charge in [-0.15, -0.1) is 11.3 Å². The Morgan fingerprint density at radius 3 is 2.52 bits per heavy atom. The summed E-state index contributed by atoms with van der Waals surface area (Å²) in [6.07, 6.45) is 4.33. The molecule has 0 radical (unpaired) electrons. The first-order chi connectivity index (χ1) is 16.0. The summed E-state index contributed by atoms with van der Waals surface area (Å²) in [4.78, 5) is 29.9. The predicted molar refractivity (Wildman–Crippen MR) is 133 cm³/mol. The summed E-state index contributed by atoms with van der Waals surface area (Å²) in [6.45, 7) is 0. The molecule has 0 spiro atoms. The number of thiophene rings is 1. The number of ether oxygens (including phenoxy) is 1. The van der Waals surface area contributed by atoms with E-state index in [0.29, 0.717) is 22.0 Å². The average Bonchev–Trinajstić information content (AvgIpc) is 3.52. The smallest absolute Gasteiger partial charge is 0.248 e. The van der Waals surface area contributed by atoms with E-state index in [1.165, 1.54) is 11.3 Å². The summed E-state index contributed by atoms with van der Waals surface area (Å²) in [7, 11) is 1.60. The average molecular weight is 483 g/mol. The number of hydrogen-bond acceptors (Lipinski definition) is 4. The lowest BCUT2D eigenvalue weighted by Gasteiger charge is -2.32. The first kappa shape index (κ1) is 23.3. The van der Waals surface area contributed by atoms with E-state index in [0.717, 1.165) is 30.6 Å². The molecule has 1 unspecified atom stereocenters. The van der Waals surface area contributed by atoms with Gasteiger partial charge in [-0.3, -0.25) is 14.5 Å². The fourth-order valence-corrected chi connectivity index (χ4v) is 5.14. The van der Waals surface area contributed by atoms with E-state index in [2.05, 4.69) is 5.32 Å². The standard InChI is InChI=1S/C26H27ClN2O3S/c1-32-22-13-11-18(12-14-22)25(26(31)28-20-7-2-3-8-20)29(21-9-4-6-19(27)16-21)24(30)17-23-10-5-15-33-23/h4-6,9-16,20,25H,2-3,7-8,17H2,1H3,(H,28,31). The zero-order valence-electron chi connectivity index (χ0n) is 18.5. The molecule has 3 aromatic rings. The van der Waals surface area contributed by atoms with E-state index in [9.17, 15) is 9.59 Å². The lowest BCUT2D eigenvalue weighted by Crippen LogP contribution is -2.46. The molecule has 1 atom stereocenters. The number of anilines is 1. The summed E-state index contributed by atoms with van der Waals surface area (Å²) in [5.41, 5.74) is 1.30. The number of halogens is 1. The molecule has 172 valence electrons. The molecule has 7 heteroatoms. The van der Waals surface area contributed by atoms with Gasteiger partial charge in [-0.1, -0.05) is 48.7 Å². The third kappa shape index (κ3) is 5.75. The van der Waals surface area contributed by atoms with Crippen LogP contribution in [0, 0.1) is 0 Å². The van der Waals surface area contributed by atoms with Crippen molar-refractivity contribution >= 4 is 40.4 Å². The topological polar surface area (TPSA) is 58.6 Å². The van der Waals surface area contributed by atoms with Gasteiger partial charge in [0, 0.05) is 21.6 Å². The Balaban J connectivity index is 1.76. The van der Waals surface area contributed by atoms with Crippen LogP contribution < -0.4 is 15.0 Å². The van der Waals surface area contributed by atoms with Gasteiger partial charge >= 0.3 is 0 Å². The van der Waals surface area contributed by atoms with Crippen molar-refractivity contribution in [1.29, 1.82) is 0 Å². The molecule has 4 rings (SSSR count). The first-order valence-electron chi connectivity index (χ1n) is 11.1. The zero-order chi connectivity index (χ0) is 23.2. The van der Waals surface area contributed by atoms with Crippen LogP contribution >= 0.6 is 22.9 Å². The van der Waals surface area contributed by atoms with Crippen LogP contribution in [0.5, 0.6) is 5.75 Å². The van der Waals surface area contributed by atoms with E-state index in [1.807, 2.05) is 47.8 Å². The fourth-order valence-electron chi connectivity index (χ4n) is 4.26. The lowest BCUT2D eigenvalue weighted by atomic mass is 10.0. The van der Waals surface area contributed by atoms with Crippen molar-refractivity contribution in [3.63, 3.8) is 0 Å². The molecular weight excluding hydrogens is 456 g/mol. The highest BCUT2D eigenvalue weighted by Gasteiger charge is 2.34. The number of amides is 2. The molecule has 1 aliphatic rings. The summed E-state index contributed by atoms with van der Waals surface area (Å²) >= 11 is 7.81. The predicted octanol–water partition coefficient (Wildman–Crippen LogP) is 5.79. The van der Waals surface area contributed by atoms with Crippen molar-refractivity contribution in [3.05, 3.63) is 81.5 Å². The van der Waals surface area contributed by atoms with E-state index in [-0.39, 0.29) is 24.3 Å². The SMILES string of the molecule is COc1ccc(C(C(=O)NC2CCCC2)N(C(=O)Cc2cccs2)c2cccc(Cl)c2)cc1. The molecule has 2 amide bonds. The van der Waals surface area contributed by atoms with Crippen LogP contribution in [0.3, 0.4) is 0 Å². The van der Waals surface area contributed by atoms with E-state index in [4.69, 9.17) is 16.3 Å². The quantitative estimate of drug-likeness (QED) is 0.442. The van der Waals surface area contributed by atoms with Crippen LogP contribution in [0.2, 0.25) is 5.02 Å². The molecule has 1 fully saturated rings. The van der Waals surface area contributed by atoms with Crippen LogP contribution in [-0.2, 0) is 16.0 Å². The van der Waals surface area contributed by atoms with Crippen molar-refractivity contribution in [2.24, 2.45) is 0 Å². The molecular formula is C26H27ClN2O3S. The fraction of sp³-hybridized carbons (Fsp3) is 0.308. The van der Waals surface area contributed by atoms with Crippen LogP contribution in [-0.4, -0.2) is 25.0 Å². The summed E-state index contributed by atoms with van der Waals surface area (Å²) in [5.74, 6) is 0.335. The highest BCUT2D eigenvalue weighted by Crippen LogP contribution is 2.32. The normalized spacial score (nSPS) is 14.6. The highest BCUT2D eigenvalue weighted by atomic mass is 35.5. The minimum atomic E-state index is -0.831. The van der Waals surface area contributed by atoms with Gasteiger partial charge in [-0.05, 0) is 60.2 Å². The third-order valence-corrected chi connectivity index (χ3v) is 7.01. The molecule has 0 saturated heterocycles. The number of nitrogens with one attached hydrogen (secondary N) is 1. The van der Waals surface area contributed by atoms with E-state index < -0.39 is 6.04 Å². The minimum absolute atomic E-state index is 0.131. The monoisotopic (exact) mass is 482 g/mol. The molecule has 0 bridgehead atoms. The van der Waals surface area contributed by atoms with Crippen molar-refractivity contribution in [2.45, 2.75) is 44.2 Å². The van der Waals surface area contributed by atoms with Gasteiger partial charge in [-0.25, -0.2) is 0 Å². The van der Waals surface area contributed by atoms with Crippen LogP contribution in [0.15, 0.2) is 66.0 Å². The third-order valence-electron chi connectivity index (χ3n) is 5.90. The molecule has 33 heavy (non-hydrogen) atoms. The second-order valence-corrected chi connectivity index (χ2v) is 9.63. The van der Waals surface area contributed by atoms with Crippen LogP contribution in [0.25, 0.3) is 0 Å². The lowest BCUT2D eigenvalue weighted by molar-refractivity contribution is -0.127. The number of methoxy groups -OCH3 is 1. The summed E-state index contributed by atoms with van der Waals surface area (Å²) in [5, 5.41) is 5.64. The van der Waals surface area contributed by atoms with Gasteiger partial charge in [0.1, 0.15) is 11.8 Å². The van der Waals surface area contributed by atoms with Crippen molar-refractivity contribution in [1.82, 2.24) is 5.32 Å². The van der Waals surface area contributed by atoms with E-state index >= 15 is 0 Å². The molecule has 1 aromatic heterocycles. The molecule has 1 saturated carbocycles. The van der Waals surface area contributed by atoms with Gasteiger partial charge in [0.2, 0.25) is 11.8 Å². The Labute approximate surface area is 203 Å². The number of nitrogens with zero attached hydrogens (tertiary/aromatic N) is 1. The number of carbonyl (C=O) groups excluding carboxylic acids is 2. The summed E-state index contributed by atoms with van der Waals surface area (Å²) < 4.78 is 5.30. The van der Waals surface area contributed by atoms with Crippen molar-refractivity contribution in [3.8, 4) is 5.75 Å². The van der Waals surface area contributed by atoms with Gasteiger partial charge in [0.15, 0.2) is 0 Å². The minimum Gasteiger partial charge on any atom is -0.497 e. The Kier molecular flexibility index (Phi) is 7.68. The second-order valence-electron chi connectivity index (χ2n) is 8.17.